The molecule has 0 amide bonds. The molecule has 0 saturated carbocycles. The summed E-state index contributed by atoms with van der Waals surface area (Å²) in [6, 6.07) is 5.18. The van der Waals surface area contributed by atoms with Gasteiger partial charge in [0.25, 0.3) is 0 Å². The van der Waals surface area contributed by atoms with Crippen molar-refractivity contribution in [3.05, 3.63) is 34.6 Å². The lowest BCUT2D eigenvalue weighted by atomic mass is 9.82. The highest BCUT2D eigenvalue weighted by molar-refractivity contribution is 6.30. The number of rotatable bonds is 4. The Morgan fingerprint density at radius 3 is 2.47 bits per heavy atom. The maximum absolute atomic E-state index is 13.5. The summed E-state index contributed by atoms with van der Waals surface area (Å²) in [4.78, 5) is 0. The molecule has 0 aliphatic heterocycles. The molecule has 0 spiro atoms. The highest BCUT2D eigenvalue weighted by Crippen LogP contribution is 2.33. The van der Waals surface area contributed by atoms with Crippen LogP contribution in [0.3, 0.4) is 0 Å². The van der Waals surface area contributed by atoms with E-state index in [1.54, 1.807) is 6.07 Å². The van der Waals surface area contributed by atoms with Crippen molar-refractivity contribution in [2.75, 3.05) is 6.54 Å². The third kappa shape index (κ3) is 3.97. The first kappa shape index (κ1) is 14.5. The summed E-state index contributed by atoms with van der Waals surface area (Å²) in [5, 5.41) is 3.64. The van der Waals surface area contributed by atoms with E-state index in [1.807, 2.05) is 6.07 Å². The van der Waals surface area contributed by atoms with Gasteiger partial charge >= 0.3 is 0 Å². The molecule has 3 heteroatoms. The second-order valence-corrected chi connectivity index (χ2v) is 5.83. The minimum absolute atomic E-state index is 0.0371. The molecule has 0 aliphatic rings. The van der Waals surface area contributed by atoms with Crippen molar-refractivity contribution >= 4 is 11.6 Å². The fourth-order valence-corrected chi connectivity index (χ4v) is 2.02. The van der Waals surface area contributed by atoms with Gasteiger partial charge in [-0.25, -0.2) is 4.39 Å². The molecule has 1 unspecified atom stereocenters. The van der Waals surface area contributed by atoms with Crippen molar-refractivity contribution in [1.29, 1.82) is 0 Å². The summed E-state index contributed by atoms with van der Waals surface area (Å²) >= 11 is 5.71. The van der Waals surface area contributed by atoms with Crippen LogP contribution in [0.5, 0.6) is 0 Å². The van der Waals surface area contributed by atoms with Crippen LogP contribution < -0.4 is 5.32 Å². The van der Waals surface area contributed by atoms with Crippen LogP contribution in [-0.2, 0) is 0 Å². The van der Waals surface area contributed by atoms with E-state index in [-0.39, 0.29) is 22.3 Å². The Hall–Kier alpha value is -0.600. The van der Waals surface area contributed by atoms with Crippen molar-refractivity contribution in [2.24, 2.45) is 5.41 Å². The Bertz CT molecular complexity index is 371. The third-order valence-electron chi connectivity index (χ3n) is 2.74. The molecule has 0 radical (unpaired) electrons. The first-order valence-corrected chi connectivity index (χ1v) is 6.42. The number of benzene rings is 1. The summed E-state index contributed by atoms with van der Waals surface area (Å²) in [7, 11) is 0. The molecule has 0 aliphatic carbocycles. The maximum Gasteiger partial charge on any atom is 0.142 e. The average molecular weight is 258 g/mol. The lowest BCUT2D eigenvalue weighted by Crippen LogP contribution is -2.32. The Kier molecular flexibility index (Phi) is 4.96. The number of hydrogen-bond acceptors (Lipinski definition) is 1. The quantitative estimate of drug-likeness (QED) is 0.833. The lowest BCUT2D eigenvalue weighted by Gasteiger charge is -2.32. The third-order valence-corrected chi connectivity index (χ3v) is 3.05. The van der Waals surface area contributed by atoms with E-state index in [4.69, 9.17) is 11.6 Å². The summed E-state index contributed by atoms with van der Waals surface area (Å²) in [6.07, 6.45) is 1.06. The summed E-state index contributed by atoms with van der Waals surface area (Å²) in [5.74, 6) is -0.350. The van der Waals surface area contributed by atoms with E-state index < -0.39 is 0 Å². The molecule has 0 heterocycles. The van der Waals surface area contributed by atoms with Crippen molar-refractivity contribution in [1.82, 2.24) is 5.32 Å². The van der Waals surface area contributed by atoms with Gasteiger partial charge in [-0.3, -0.25) is 0 Å². The van der Waals surface area contributed by atoms with Gasteiger partial charge in [0, 0.05) is 6.04 Å². The Morgan fingerprint density at radius 1 is 1.35 bits per heavy atom. The zero-order valence-electron chi connectivity index (χ0n) is 11.0. The predicted octanol–water partition coefficient (Wildman–Crippen LogP) is 4.57. The Morgan fingerprint density at radius 2 is 2.00 bits per heavy atom. The van der Waals surface area contributed by atoms with Crippen LogP contribution in [0.25, 0.3) is 0 Å². The summed E-state index contributed by atoms with van der Waals surface area (Å²) in [6.45, 7) is 9.48. The minimum atomic E-state index is -0.350. The molecule has 1 N–H and O–H groups in total. The molecule has 0 fully saturated rings. The molecule has 96 valence electrons. The smallest absolute Gasteiger partial charge is 0.142 e. The second kappa shape index (κ2) is 5.83. The van der Waals surface area contributed by atoms with Crippen LogP contribution in [0.2, 0.25) is 5.02 Å². The molecule has 17 heavy (non-hydrogen) atoms. The van der Waals surface area contributed by atoms with E-state index in [0.29, 0.717) is 0 Å². The topological polar surface area (TPSA) is 12.0 Å². The van der Waals surface area contributed by atoms with Gasteiger partial charge in [0.2, 0.25) is 0 Å². The van der Waals surface area contributed by atoms with E-state index in [2.05, 4.69) is 33.0 Å². The van der Waals surface area contributed by atoms with Crippen LogP contribution in [0, 0.1) is 11.2 Å². The SMILES string of the molecule is CCCNC(c1ccc(Cl)c(F)c1)C(C)(C)C. The first-order valence-electron chi connectivity index (χ1n) is 6.04. The van der Waals surface area contributed by atoms with Crippen LogP contribution in [0.1, 0.15) is 45.7 Å². The number of hydrogen-bond donors (Lipinski definition) is 1. The molecule has 1 atom stereocenters. The van der Waals surface area contributed by atoms with Gasteiger partial charge in [-0.1, -0.05) is 45.4 Å². The molecule has 0 bridgehead atoms. The van der Waals surface area contributed by atoms with Gasteiger partial charge < -0.3 is 5.32 Å². The monoisotopic (exact) mass is 257 g/mol. The molecule has 0 aromatic heterocycles. The standard InChI is InChI=1S/C14H21ClFN/c1-5-8-17-13(14(2,3)4)10-6-7-11(15)12(16)9-10/h6-7,9,13,17H,5,8H2,1-4H3. The summed E-state index contributed by atoms with van der Waals surface area (Å²) < 4.78 is 13.5. The summed E-state index contributed by atoms with van der Waals surface area (Å²) in [5.41, 5.74) is 0.989. The van der Waals surface area contributed by atoms with Crippen molar-refractivity contribution < 1.29 is 4.39 Å². The van der Waals surface area contributed by atoms with Gasteiger partial charge in [0.05, 0.1) is 5.02 Å². The number of halogens is 2. The van der Waals surface area contributed by atoms with Crippen LogP contribution in [0.15, 0.2) is 18.2 Å². The fourth-order valence-electron chi connectivity index (χ4n) is 1.90. The van der Waals surface area contributed by atoms with E-state index >= 15 is 0 Å². The van der Waals surface area contributed by atoms with Crippen molar-refractivity contribution in [3.8, 4) is 0 Å². The molecule has 1 rings (SSSR count). The average Bonchev–Trinajstić information content (AvgIpc) is 2.22. The highest BCUT2D eigenvalue weighted by atomic mass is 35.5. The second-order valence-electron chi connectivity index (χ2n) is 5.43. The lowest BCUT2D eigenvalue weighted by molar-refractivity contribution is 0.272. The molecular formula is C14H21ClFN. The highest BCUT2D eigenvalue weighted by Gasteiger charge is 2.26. The largest absolute Gasteiger partial charge is 0.309 e. The Labute approximate surface area is 108 Å². The van der Waals surface area contributed by atoms with Crippen LogP contribution in [0.4, 0.5) is 4.39 Å². The van der Waals surface area contributed by atoms with Crippen LogP contribution in [-0.4, -0.2) is 6.54 Å². The van der Waals surface area contributed by atoms with Gasteiger partial charge in [-0.2, -0.15) is 0 Å². The van der Waals surface area contributed by atoms with E-state index in [1.165, 1.54) is 6.07 Å². The van der Waals surface area contributed by atoms with E-state index in [0.717, 1.165) is 18.5 Å². The van der Waals surface area contributed by atoms with Gasteiger partial charge in [-0.15, -0.1) is 0 Å². The van der Waals surface area contributed by atoms with E-state index in [9.17, 15) is 4.39 Å². The Balaban J connectivity index is 3.00. The molecule has 1 aromatic rings. The minimum Gasteiger partial charge on any atom is -0.309 e. The molecule has 0 saturated heterocycles. The van der Waals surface area contributed by atoms with Crippen molar-refractivity contribution in [3.63, 3.8) is 0 Å². The first-order chi connectivity index (χ1) is 7.86. The van der Waals surface area contributed by atoms with Gasteiger partial charge in [0.15, 0.2) is 0 Å². The fraction of sp³-hybridized carbons (Fsp3) is 0.571. The zero-order valence-corrected chi connectivity index (χ0v) is 11.7. The molecule has 1 nitrogen and oxygen atoms in total. The van der Waals surface area contributed by atoms with Crippen LogP contribution >= 0.6 is 11.6 Å². The molecule has 1 aromatic carbocycles. The number of nitrogens with one attached hydrogen (secondary N) is 1. The van der Waals surface area contributed by atoms with Gasteiger partial charge in [-0.05, 0) is 36.1 Å². The predicted molar refractivity (Wildman–Crippen MR) is 71.9 cm³/mol. The zero-order chi connectivity index (χ0) is 13.1. The van der Waals surface area contributed by atoms with Gasteiger partial charge in [0.1, 0.15) is 5.82 Å². The van der Waals surface area contributed by atoms with Crippen molar-refractivity contribution in [2.45, 2.75) is 40.2 Å². The normalized spacial score (nSPS) is 13.8. The maximum atomic E-state index is 13.5. The molecular weight excluding hydrogens is 237 g/mol.